The summed E-state index contributed by atoms with van der Waals surface area (Å²) in [5, 5.41) is 6.01. The monoisotopic (exact) mass is 415 g/mol. The molecule has 1 atom stereocenters. The first-order valence-corrected chi connectivity index (χ1v) is 10.2. The molecule has 4 rings (SSSR count). The number of hydrogen-bond acceptors (Lipinski definition) is 4. The Hall–Kier alpha value is -3.87. The molecule has 31 heavy (non-hydrogen) atoms. The van der Waals surface area contributed by atoms with Crippen LogP contribution < -0.4 is 15.4 Å². The Balaban J connectivity index is 1.46. The third-order valence-corrected chi connectivity index (χ3v) is 5.09. The highest BCUT2D eigenvalue weighted by Crippen LogP contribution is 2.21. The number of ether oxygens (including phenoxy) is 1. The maximum atomic E-state index is 12.6. The van der Waals surface area contributed by atoms with Crippen LogP contribution in [0.2, 0.25) is 0 Å². The zero-order valence-corrected chi connectivity index (χ0v) is 17.3. The largest absolute Gasteiger partial charge is 0.497 e. The number of fused-ring (bicyclic) bond motifs is 1. The van der Waals surface area contributed by atoms with Crippen LogP contribution in [0, 0.1) is 0 Å². The molecule has 0 bridgehead atoms. The van der Waals surface area contributed by atoms with E-state index in [-0.39, 0.29) is 12.1 Å². The van der Waals surface area contributed by atoms with Gasteiger partial charge in [-0.2, -0.15) is 0 Å². The van der Waals surface area contributed by atoms with E-state index in [4.69, 9.17) is 9.72 Å². The molecule has 2 amide bonds. The summed E-state index contributed by atoms with van der Waals surface area (Å²) in [5.41, 5.74) is 4.01. The normalized spacial score (nSPS) is 11.8. The summed E-state index contributed by atoms with van der Waals surface area (Å²) in [7, 11) is 1.64. The highest BCUT2D eigenvalue weighted by molar-refractivity contribution is 5.76. The van der Waals surface area contributed by atoms with Crippen LogP contribution in [0.15, 0.2) is 73.1 Å². The standard InChI is InChI=1S/C24H25N5O2/c1-31-19-8-6-18(7-9-19)16-22(23-27-20-4-2-3-5-21(20)28-23)29-24(30)26-15-12-17-10-13-25-14-11-17/h2-11,13-14,22H,12,15-16H2,1H3,(H,27,28)(H2,26,29,30)/t22-/m1/s1. The van der Waals surface area contributed by atoms with Crippen molar-refractivity contribution in [1.82, 2.24) is 25.6 Å². The van der Waals surface area contributed by atoms with Crippen LogP contribution in [0.5, 0.6) is 5.75 Å². The number of pyridine rings is 1. The summed E-state index contributed by atoms with van der Waals surface area (Å²) in [6, 6.07) is 19.0. The second-order valence-corrected chi connectivity index (χ2v) is 7.25. The van der Waals surface area contributed by atoms with Gasteiger partial charge in [0.25, 0.3) is 0 Å². The van der Waals surface area contributed by atoms with Crippen molar-refractivity contribution in [3.05, 3.63) is 90.0 Å². The zero-order valence-electron chi connectivity index (χ0n) is 17.3. The number of benzene rings is 2. The topological polar surface area (TPSA) is 91.9 Å². The molecule has 2 heterocycles. The Morgan fingerprint density at radius 2 is 1.81 bits per heavy atom. The molecule has 2 aromatic carbocycles. The number of methoxy groups -OCH3 is 1. The van der Waals surface area contributed by atoms with Crippen LogP contribution in [0.1, 0.15) is 23.0 Å². The second-order valence-electron chi connectivity index (χ2n) is 7.25. The first-order valence-electron chi connectivity index (χ1n) is 10.2. The van der Waals surface area contributed by atoms with Crippen LogP contribution >= 0.6 is 0 Å². The fourth-order valence-electron chi connectivity index (χ4n) is 3.43. The van der Waals surface area contributed by atoms with Crippen LogP contribution in [0.3, 0.4) is 0 Å². The van der Waals surface area contributed by atoms with Gasteiger partial charge in [-0.1, -0.05) is 24.3 Å². The number of aromatic nitrogens is 3. The summed E-state index contributed by atoms with van der Waals surface area (Å²) in [5.74, 6) is 1.52. The van der Waals surface area contributed by atoms with Crippen molar-refractivity contribution < 1.29 is 9.53 Å². The number of carbonyl (C=O) groups excluding carboxylic acids is 1. The first-order chi connectivity index (χ1) is 15.2. The van der Waals surface area contributed by atoms with Gasteiger partial charge in [-0.25, -0.2) is 9.78 Å². The van der Waals surface area contributed by atoms with Crippen LogP contribution in [-0.2, 0) is 12.8 Å². The number of urea groups is 1. The molecular weight excluding hydrogens is 390 g/mol. The van der Waals surface area contributed by atoms with Gasteiger partial charge in [0.15, 0.2) is 0 Å². The van der Waals surface area contributed by atoms with Crippen molar-refractivity contribution in [2.75, 3.05) is 13.7 Å². The minimum Gasteiger partial charge on any atom is -0.497 e. The summed E-state index contributed by atoms with van der Waals surface area (Å²) >= 11 is 0. The third kappa shape index (κ3) is 5.39. The summed E-state index contributed by atoms with van der Waals surface area (Å²) in [4.78, 5) is 24.7. The van der Waals surface area contributed by atoms with Crippen molar-refractivity contribution in [3.8, 4) is 5.75 Å². The molecule has 158 valence electrons. The van der Waals surface area contributed by atoms with E-state index in [2.05, 4.69) is 20.6 Å². The maximum absolute atomic E-state index is 12.6. The van der Waals surface area contributed by atoms with Gasteiger partial charge in [-0.3, -0.25) is 4.98 Å². The molecule has 0 aliphatic carbocycles. The summed E-state index contributed by atoms with van der Waals surface area (Å²) in [6.07, 6.45) is 4.84. The van der Waals surface area contributed by atoms with Gasteiger partial charge in [0.05, 0.1) is 24.2 Å². The summed E-state index contributed by atoms with van der Waals surface area (Å²) in [6.45, 7) is 0.533. The Bertz CT molecular complexity index is 1090. The van der Waals surface area contributed by atoms with Gasteiger partial charge in [-0.15, -0.1) is 0 Å². The fourth-order valence-corrected chi connectivity index (χ4v) is 3.43. The molecule has 0 radical (unpaired) electrons. The third-order valence-electron chi connectivity index (χ3n) is 5.09. The average Bonchev–Trinajstić information content (AvgIpc) is 3.24. The molecule has 0 unspecified atom stereocenters. The number of imidazole rings is 1. The van der Waals surface area contributed by atoms with Crippen molar-refractivity contribution in [2.45, 2.75) is 18.9 Å². The Labute approximate surface area is 180 Å². The number of amides is 2. The van der Waals surface area contributed by atoms with E-state index >= 15 is 0 Å². The number of nitrogens with one attached hydrogen (secondary N) is 3. The van der Waals surface area contributed by atoms with Crippen molar-refractivity contribution >= 4 is 17.1 Å². The molecular formula is C24H25N5O2. The van der Waals surface area contributed by atoms with E-state index in [1.165, 1.54) is 0 Å². The van der Waals surface area contributed by atoms with E-state index in [0.717, 1.165) is 40.2 Å². The fraction of sp³-hybridized carbons (Fsp3) is 0.208. The Kier molecular flexibility index (Phi) is 6.42. The highest BCUT2D eigenvalue weighted by atomic mass is 16.5. The van der Waals surface area contributed by atoms with E-state index in [1.807, 2.05) is 60.7 Å². The zero-order chi connectivity index (χ0) is 21.5. The number of carbonyl (C=O) groups is 1. The Morgan fingerprint density at radius 1 is 1.03 bits per heavy atom. The highest BCUT2D eigenvalue weighted by Gasteiger charge is 2.19. The average molecular weight is 415 g/mol. The predicted octanol–water partition coefficient (Wildman–Crippen LogP) is 3.79. The van der Waals surface area contributed by atoms with Gasteiger partial charge in [-0.05, 0) is 60.4 Å². The molecule has 4 aromatic rings. The van der Waals surface area contributed by atoms with Crippen molar-refractivity contribution in [1.29, 1.82) is 0 Å². The van der Waals surface area contributed by atoms with Crippen LogP contribution in [-0.4, -0.2) is 34.6 Å². The van der Waals surface area contributed by atoms with E-state index in [9.17, 15) is 4.79 Å². The van der Waals surface area contributed by atoms with Gasteiger partial charge in [0.2, 0.25) is 0 Å². The molecule has 3 N–H and O–H groups in total. The molecule has 0 spiro atoms. The smallest absolute Gasteiger partial charge is 0.315 e. The Morgan fingerprint density at radius 3 is 2.55 bits per heavy atom. The molecule has 7 heteroatoms. The molecule has 0 aliphatic heterocycles. The van der Waals surface area contributed by atoms with Crippen molar-refractivity contribution in [2.24, 2.45) is 0 Å². The predicted molar refractivity (Wildman–Crippen MR) is 120 cm³/mol. The number of para-hydroxylation sites is 2. The molecule has 0 saturated carbocycles. The van der Waals surface area contributed by atoms with E-state index < -0.39 is 0 Å². The number of H-pyrrole nitrogens is 1. The SMILES string of the molecule is COc1ccc(C[C@@H](NC(=O)NCCc2ccncc2)c2nc3ccccc3[nH]2)cc1. The quantitative estimate of drug-likeness (QED) is 0.408. The van der Waals surface area contributed by atoms with E-state index in [1.54, 1.807) is 19.5 Å². The number of rotatable bonds is 8. The number of nitrogens with zero attached hydrogens (tertiary/aromatic N) is 2. The van der Waals surface area contributed by atoms with Crippen LogP contribution in [0.25, 0.3) is 11.0 Å². The number of hydrogen-bond donors (Lipinski definition) is 3. The first kappa shape index (κ1) is 20.4. The lowest BCUT2D eigenvalue weighted by atomic mass is 10.1. The minimum atomic E-state index is -0.304. The molecule has 2 aromatic heterocycles. The summed E-state index contributed by atoms with van der Waals surface area (Å²) < 4.78 is 5.24. The molecule has 7 nitrogen and oxygen atoms in total. The lowest BCUT2D eigenvalue weighted by Gasteiger charge is -2.18. The molecule has 0 saturated heterocycles. The van der Waals surface area contributed by atoms with Gasteiger partial charge in [0, 0.05) is 18.9 Å². The molecule has 0 fully saturated rings. The minimum absolute atomic E-state index is 0.229. The van der Waals surface area contributed by atoms with Gasteiger partial charge in [0.1, 0.15) is 11.6 Å². The lowest BCUT2D eigenvalue weighted by Crippen LogP contribution is -2.40. The second kappa shape index (κ2) is 9.75. The lowest BCUT2D eigenvalue weighted by molar-refractivity contribution is 0.236. The van der Waals surface area contributed by atoms with E-state index in [0.29, 0.717) is 13.0 Å². The molecule has 0 aliphatic rings. The van der Waals surface area contributed by atoms with Crippen LogP contribution in [0.4, 0.5) is 4.79 Å². The maximum Gasteiger partial charge on any atom is 0.315 e. The van der Waals surface area contributed by atoms with Gasteiger partial charge < -0.3 is 20.4 Å². The van der Waals surface area contributed by atoms with Gasteiger partial charge >= 0.3 is 6.03 Å². The number of aromatic amines is 1. The van der Waals surface area contributed by atoms with Crippen molar-refractivity contribution in [3.63, 3.8) is 0 Å².